The smallest absolute Gasteiger partial charge is 0.313 e. The molecule has 0 aliphatic rings. The van der Waals surface area contributed by atoms with Gasteiger partial charge in [0.2, 0.25) is 0 Å². The molecule has 1 aromatic heterocycles. The van der Waals surface area contributed by atoms with E-state index in [1.807, 2.05) is 6.07 Å². The van der Waals surface area contributed by atoms with Crippen molar-refractivity contribution in [3.63, 3.8) is 0 Å². The molecular weight excluding hydrogens is 280 g/mol. The van der Waals surface area contributed by atoms with Gasteiger partial charge in [0.25, 0.3) is 0 Å². The van der Waals surface area contributed by atoms with Crippen LogP contribution in [-0.4, -0.2) is 38.7 Å². The van der Waals surface area contributed by atoms with Gasteiger partial charge in [0.1, 0.15) is 12.1 Å². The maximum absolute atomic E-state index is 10.6. The van der Waals surface area contributed by atoms with Crippen LogP contribution in [0.4, 0.5) is 0 Å². The Hall–Kier alpha value is -2.53. The number of nitrogens with zero attached hydrogens (tertiary/aromatic N) is 4. The minimum Gasteiger partial charge on any atom is -0.495 e. The van der Waals surface area contributed by atoms with Crippen LogP contribution < -0.4 is 4.74 Å². The summed E-state index contributed by atoms with van der Waals surface area (Å²) in [5.74, 6) is -0.561. The molecule has 1 aromatic carbocycles. The number of hydrogen-bond acceptors (Lipinski definition) is 6. The molecular formula is C12H10N4O3S. The van der Waals surface area contributed by atoms with E-state index in [0.29, 0.717) is 22.2 Å². The highest BCUT2D eigenvalue weighted by atomic mass is 32.2. The summed E-state index contributed by atoms with van der Waals surface area (Å²) in [7, 11) is 1.49. The zero-order valence-corrected chi connectivity index (χ0v) is 11.3. The van der Waals surface area contributed by atoms with Crippen LogP contribution in [0.2, 0.25) is 0 Å². The van der Waals surface area contributed by atoms with Gasteiger partial charge in [-0.25, -0.2) is 0 Å². The minimum atomic E-state index is -0.934. The lowest BCUT2D eigenvalue weighted by Gasteiger charge is -2.10. The van der Waals surface area contributed by atoms with Gasteiger partial charge in [0.05, 0.1) is 30.2 Å². The van der Waals surface area contributed by atoms with E-state index in [1.165, 1.54) is 13.4 Å². The molecule has 2 rings (SSSR count). The van der Waals surface area contributed by atoms with E-state index >= 15 is 0 Å². The van der Waals surface area contributed by atoms with Crippen molar-refractivity contribution in [1.29, 1.82) is 5.26 Å². The molecule has 0 radical (unpaired) electrons. The zero-order valence-electron chi connectivity index (χ0n) is 10.5. The van der Waals surface area contributed by atoms with Crippen molar-refractivity contribution in [2.75, 3.05) is 12.9 Å². The molecule has 1 heterocycles. The number of hydrogen-bond donors (Lipinski definition) is 1. The minimum absolute atomic E-state index is 0.114. The van der Waals surface area contributed by atoms with E-state index in [4.69, 9.17) is 15.1 Å². The predicted octanol–water partition coefficient (Wildman–Crippen LogP) is 1.32. The van der Waals surface area contributed by atoms with Gasteiger partial charge in [-0.3, -0.25) is 9.36 Å². The SMILES string of the molecule is COc1cc(C#N)ccc1-n1cnnc1SCC(=O)O. The second-order valence-electron chi connectivity index (χ2n) is 3.66. The standard InChI is InChI=1S/C12H10N4O3S/c1-19-10-4-8(5-13)2-3-9(10)16-7-14-15-12(16)20-6-11(17)18/h2-4,7H,6H2,1H3,(H,17,18). The van der Waals surface area contributed by atoms with Gasteiger partial charge in [-0.15, -0.1) is 10.2 Å². The van der Waals surface area contributed by atoms with Crippen LogP contribution in [0.25, 0.3) is 5.69 Å². The first-order chi connectivity index (χ1) is 9.65. The number of carboxylic acid groups (broad SMARTS) is 1. The number of thioether (sulfide) groups is 1. The van der Waals surface area contributed by atoms with Crippen molar-refractivity contribution in [2.45, 2.75) is 5.16 Å². The molecule has 2 aromatic rings. The largest absolute Gasteiger partial charge is 0.495 e. The normalized spacial score (nSPS) is 10.0. The monoisotopic (exact) mass is 290 g/mol. The third-order valence-electron chi connectivity index (χ3n) is 2.41. The molecule has 0 atom stereocenters. The summed E-state index contributed by atoms with van der Waals surface area (Å²) in [6.45, 7) is 0. The van der Waals surface area contributed by atoms with Crippen LogP contribution in [-0.2, 0) is 4.79 Å². The summed E-state index contributed by atoms with van der Waals surface area (Å²) in [6.07, 6.45) is 1.47. The van der Waals surface area contributed by atoms with Crippen LogP contribution >= 0.6 is 11.8 Å². The van der Waals surface area contributed by atoms with Crippen LogP contribution in [0.3, 0.4) is 0 Å². The van der Waals surface area contributed by atoms with Crippen LogP contribution in [0.15, 0.2) is 29.7 Å². The van der Waals surface area contributed by atoms with Gasteiger partial charge in [0, 0.05) is 6.07 Å². The van der Waals surface area contributed by atoms with Gasteiger partial charge in [-0.1, -0.05) is 11.8 Å². The highest BCUT2D eigenvalue weighted by Gasteiger charge is 2.13. The first-order valence-corrected chi connectivity index (χ1v) is 6.47. The van der Waals surface area contributed by atoms with E-state index in [2.05, 4.69) is 10.2 Å². The fourth-order valence-electron chi connectivity index (χ4n) is 1.56. The average Bonchev–Trinajstić information content (AvgIpc) is 2.92. The molecule has 7 nitrogen and oxygen atoms in total. The fourth-order valence-corrected chi connectivity index (χ4v) is 2.20. The van der Waals surface area contributed by atoms with Crippen molar-refractivity contribution in [2.24, 2.45) is 0 Å². The van der Waals surface area contributed by atoms with E-state index in [0.717, 1.165) is 11.8 Å². The van der Waals surface area contributed by atoms with Crippen molar-refractivity contribution >= 4 is 17.7 Å². The van der Waals surface area contributed by atoms with Crippen LogP contribution in [0.5, 0.6) is 5.75 Å². The van der Waals surface area contributed by atoms with Crippen LogP contribution in [0.1, 0.15) is 5.56 Å². The van der Waals surface area contributed by atoms with Gasteiger partial charge in [-0.2, -0.15) is 5.26 Å². The molecule has 0 spiro atoms. The summed E-state index contributed by atoms with van der Waals surface area (Å²) in [4.78, 5) is 10.6. The van der Waals surface area contributed by atoms with E-state index in [1.54, 1.807) is 22.8 Å². The quantitative estimate of drug-likeness (QED) is 0.829. The fraction of sp³-hybridized carbons (Fsp3) is 0.167. The molecule has 0 amide bonds. The summed E-state index contributed by atoms with van der Waals surface area (Å²) in [6, 6.07) is 6.97. The molecule has 0 aliphatic carbocycles. The summed E-state index contributed by atoms with van der Waals surface area (Å²) >= 11 is 1.06. The number of aromatic nitrogens is 3. The van der Waals surface area contributed by atoms with Crippen molar-refractivity contribution < 1.29 is 14.6 Å². The molecule has 0 aliphatic heterocycles. The lowest BCUT2D eigenvalue weighted by molar-refractivity contribution is -0.133. The Morgan fingerprint density at radius 2 is 2.40 bits per heavy atom. The van der Waals surface area contributed by atoms with Gasteiger partial charge in [-0.05, 0) is 12.1 Å². The van der Waals surface area contributed by atoms with Crippen molar-refractivity contribution in [3.05, 3.63) is 30.1 Å². The second kappa shape index (κ2) is 6.08. The first kappa shape index (κ1) is 13.9. The number of carbonyl (C=O) groups is 1. The maximum Gasteiger partial charge on any atom is 0.313 e. The molecule has 102 valence electrons. The topological polar surface area (TPSA) is 101 Å². The third kappa shape index (κ3) is 2.89. The predicted molar refractivity (Wildman–Crippen MR) is 71.0 cm³/mol. The summed E-state index contributed by atoms with van der Waals surface area (Å²) in [5, 5.41) is 25.7. The molecule has 0 fully saturated rings. The van der Waals surface area contributed by atoms with Crippen LogP contribution in [0, 0.1) is 11.3 Å². The number of carboxylic acids is 1. The Kier molecular flexibility index (Phi) is 4.22. The maximum atomic E-state index is 10.6. The highest BCUT2D eigenvalue weighted by Crippen LogP contribution is 2.27. The summed E-state index contributed by atoms with van der Waals surface area (Å²) < 4.78 is 6.86. The van der Waals surface area contributed by atoms with Gasteiger partial charge in [0.15, 0.2) is 5.16 Å². The Bertz CT molecular complexity index is 678. The van der Waals surface area contributed by atoms with E-state index in [-0.39, 0.29) is 5.75 Å². The Labute approximate surface area is 118 Å². The lowest BCUT2D eigenvalue weighted by atomic mass is 10.2. The number of aliphatic carboxylic acids is 1. The zero-order chi connectivity index (χ0) is 14.5. The molecule has 1 N–H and O–H groups in total. The molecule has 0 saturated carbocycles. The molecule has 0 bridgehead atoms. The number of benzene rings is 1. The number of nitriles is 1. The van der Waals surface area contributed by atoms with Crippen molar-refractivity contribution in [3.8, 4) is 17.5 Å². The van der Waals surface area contributed by atoms with Crippen molar-refractivity contribution in [1.82, 2.24) is 14.8 Å². The third-order valence-corrected chi connectivity index (χ3v) is 3.34. The number of ether oxygens (including phenoxy) is 1. The number of methoxy groups -OCH3 is 1. The Balaban J connectivity index is 2.39. The molecule has 20 heavy (non-hydrogen) atoms. The molecule has 8 heteroatoms. The van der Waals surface area contributed by atoms with E-state index in [9.17, 15) is 4.79 Å². The second-order valence-corrected chi connectivity index (χ2v) is 4.61. The van der Waals surface area contributed by atoms with E-state index < -0.39 is 5.97 Å². The first-order valence-electron chi connectivity index (χ1n) is 5.49. The Morgan fingerprint density at radius 3 is 3.05 bits per heavy atom. The van der Waals surface area contributed by atoms with Gasteiger partial charge >= 0.3 is 5.97 Å². The molecule has 0 saturated heterocycles. The Morgan fingerprint density at radius 1 is 1.60 bits per heavy atom. The lowest BCUT2D eigenvalue weighted by Crippen LogP contribution is -2.02. The molecule has 0 unspecified atom stereocenters. The summed E-state index contributed by atoms with van der Waals surface area (Å²) in [5.41, 5.74) is 1.11. The highest BCUT2D eigenvalue weighted by molar-refractivity contribution is 7.99. The van der Waals surface area contributed by atoms with Gasteiger partial charge < -0.3 is 9.84 Å². The number of rotatable bonds is 5. The average molecular weight is 290 g/mol.